The summed E-state index contributed by atoms with van der Waals surface area (Å²) in [6.45, 7) is 0. The summed E-state index contributed by atoms with van der Waals surface area (Å²) >= 11 is 2.24. The first-order chi connectivity index (χ1) is 9.54. The maximum absolute atomic E-state index is 13.9. The smallest absolute Gasteiger partial charge is 0.346 e. The number of aromatic carboxylic acids is 1. The van der Waals surface area contributed by atoms with Crippen molar-refractivity contribution in [3.05, 3.63) is 34.5 Å². The minimum atomic E-state index is -1.08. The molecule has 0 radical (unpaired) electrons. The van der Waals surface area contributed by atoms with Crippen LogP contribution in [0.3, 0.4) is 0 Å². The SMILES string of the molecule is COC(=O)CSCc1c(C(=O)O)sc2cccc(F)c12. The molecule has 4 nitrogen and oxygen atoms in total. The summed E-state index contributed by atoms with van der Waals surface area (Å²) in [5.74, 6) is -1.58. The molecule has 0 saturated heterocycles. The van der Waals surface area contributed by atoms with E-state index >= 15 is 0 Å². The Kier molecular flexibility index (Phi) is 4.61. The van der Waals surface area contributed by atoms with Crippen LogP contribution < -0.4 is 0 Å². The number of esters is 1. The van der Waals surface area contributed by atoms with E-state index in [1.165, 1.54) is 24.9 Å². The van der Waals surface area contributed by atoms with E-state index in [0.717, 1.165) is 11.3 Å². The summed E-state index contributed by atoms with van der Waals surface area (Å²) < 4.78 is 19.0. The Balaban J connectivity index is 2.36. The first-order valence-electron chi connectivity index (χ1n) is 5.62. The molecule has 2 rings (SSSR count). The van der Waals surface area contributed by atoms with E-state index in [2.05, 4.69) is 4.74 Å². The number of carboxylic acids is 1. The van der Waals surface area contributed by atoms with Crippen LogP contribution in [-0.4, -0.2) is 29.9 Å². The second kappa shape index (κ2) is 6.23. The number of carboxylic acid groups (broad SMARTS) is 1. The molecule has 0 aliphatic rings. The van der Waals surface area contributed by atoms with Gasteiger partial charge in [-0.2, -0.15) is 0 Å². The van der Waals surface area contributed by atoms with E-state index in [-0.39, 0.29) is 16.4 Å². The molecule has 1 N–H and O–H groups in total. The van der Waals surface area contributed by atoms with Gasteiger partial charge in [0.2, 0.25) is 0 Å². The monoisotopic (exact) mass is 314 g/mol. The van der Waals surface area contributed by atoms with Gasteiger partial charge in [-0.1, -0.05) is 6.07 Å². The first kappa shape index (κ1) is 14.8. The Hall–Kier alpha value is -1.60. The van der Waals surface area contributed by atoms with Gasteiger partial charge < -0.3 is 9.84 Å². The van der Waals surface area contributed by atoms with Crippen LogP contribution in [0, 0.1) is 5.82 Å². The minimum absolute atomic E-state index is 0.0986. The standard InChI is InChI=1S/C13H11FO4S2/c1-18-10(15)6-19-5-7-11-8(14)3-2-4-9(11)20-12(7)13(16)17/h2-4H,5-6H2,1H3,(H,16,17). The number of hydrogen-bond acceptors (Lipinski definition) is 5. The highest BCUT2D eigenvalue weighted by molar-refractivity contribution is 7.99. The molecule has 0 fully saturated rings. The van der Waals surface area contributed by atoms with Crippen LogP contribution in [0.15, 0.2) is 18.2 Å². The Labute approximate surface area is 122 Å². The van der Waals surface area contributed by atoms with Gasteiger partial charge in [-0.15, -0.1) is 23.1 Å². The molecule has 0 aliphatic heterocycles. The fourth-order valence-electron chi connectivity index (χ4n) is 1.77. The topological polar surface area (TPSA) is 63.6 Å². The van der Waals surface area contributed by atoms with Crippen molar-refractivity contribution in [1.29, 1.82) is 0 Å². The molecule has 0 spiro atoms. The van der Waals surface area contributed by atoms with Gasteiger partial charge in [0, 0.05) is 15.8 Å². The van der Waals surface area contributed by atoms with Crippen molar-refractivity contribution in [1.82, 2.24) is 0 Å². The van der Waals surface area contributed by atoms with E-state index in [9.17, 15) is 19.1 Å². The molecule has 2 aromatic rings. The number of benzene rings is 1. The number of rotatable bonds is 5. The Morgan fingerprint density at radius 3 is 2.85 bits per heavy atom. The van der Waals surface area contributed by atoms with E-state index in [1.54, 1.807) is 12.1 Å². The summed E-state index contributed by atoms with van der Waals surface area (Å²) in [7, 11) is 1.28. The molecule has 0 saturated carbocycles. The van der Waals surface area contributed by atoms with Crippen LogP contribution in [0.4, 0.5) is 4.39 Å². The number of carbonyl (C=O) groups excluding carboxylic acids is 1. The lowest BCUT2D eigenvalue weighted by molar-refractivity contribution is -0.137. The molecule has 0 atom stereocenters. The summed E-state index contributed by atoms with van der Waals surface area (Å²) in [4.78, 5) is 22.4. The highest BCUT2D eigenvalue weighted by atomic mass is 32.2. The molecule has 7 heteroatoms. The molecule has 0 unspecified atom stereocenters. The predicted molar refractivity (Wildman–Crippen MR) is 76.9 cm³/mol. The van der Waals surface area contributed by atoms with Crippen LogP contribution in [0.5, 0.6) is 0 Å². The van der Waals surface area contributed by atoms with Gasteiger partial charge in [0.25, 0.3) is 0 Å². The van der Waals surface area contributed by atoms with Crippen molar-refractivity contribution < 1.29 is 23.8 Å². The van der Waals surface area contributed by atoms with Gasteiger partial charge in [-0.25, -0.2) is 9.18 Å². The summed E-state index contributed by atoms with van der Waals surface area (Å²) in [5, 5.41) is 9.53. The van der Waals surface area contributed by atoms with Gasteiger partial charge in [0.1, 0.15) is 10.7 Å². The van der Waals surface area contributed by atoms with Gasteiger partial charge >= 0.3 is 11.9 Å². The van der Waals surface area contributed by atoms with Crippen LogP contribution in [0.25, 0.3) is 10.1 Å². The van der Waals surface area contributed by atoms with Crippen LogP contribution in [0.2, 0.25) is 0 Å². The Bertz CT molecular complexity index is 666. The number of fused-ring (bicyclic) bond motifs is 1. The highest BCUT2D eigenvalue weighted by Gasteiger charge is 2.20. The average molecular weight is 314 g/mol. The number of ether oxygens (including phenoxy) is 1. The molecule has 0 bridgehead atoms. The van der Waals surface area contributed by atoms with Crippen LogP contribution >= 0.6 is 23.1 Å². The number of thiophene rings is 1. The summed E-state index contributed by atoms with van der Waals surface area (Å²) in [6, 6.07) is 4.53. The fraction of sp³-hybridized carbons (Fsp3) is 0.231. The Morgan fingerprint density at radius 2 is 2.20 bits per heavy atom. The van der Waals surface area contributed by atoms with Crippen molar-refractivity contribution in [2.24, 2.45) is 0 Å². The largest absolute Gasteiger partial charge is 0.477 e. The van der Waals surface area contributed by atoms with E-state index in [0.29, 0.717) is 15.6 Å². The van der Waals surface area contributed by atoms with E-state index < -0.39 is 17.8 Å². The number of thioether (sulfide) groups is 1. The quantitative estimate of drug-likeness (QED) is 0.859. The van der Waals surface area contributed by atoms with Crippen LogP contribution in [-0.2, 0) is 15.3 Å². The second-order valence-electron chi connectivity index (χ2n) is 3.90. The molecule has 0 amide bonds. The summed E-state index contributed by atoms with van der Waals surface area (Å²) in [5.41, 5.74) is 0.421. The zero-order valence-electron chi connectivity index (χ0n) is 10.5. The molecule has 1 heterocycles. The van der Waals surface area contributed by atoms with Crippen LogP contribution in [0.1, 0.15) is 15.2 Å². The van der Waals surface area contributed by atoms with Crippen molar-refractivity contribution in [2.45, 2.75) is 5.75 Å². The number of halogens is 1. The third-order valence-corrected chi connectivity index (χ3v) is 4.77. The number of carbonyl (C=O) groups is 2. The van der Waals surface area contributed by atoms with Crippen molar-refractivity contribution in [2.75, 3.05) is 12.9 Å². The van der Waals surface area contributed by atoms with Gasteiger partial charge in [0.15, 0.2) is 0 Å². The van der Waals surface area contributed by atoms with Crippen molar-refractivity contribution in [3.63, 3.8) is 0 Å². The molecule has 1 aromatic heterocycles. The molecule has 106 valence electrons. The van der Waals surface area contributed by atoms with Gasteiger partial charge in [0.05, 0.1) is 12.9 Å². The third-order valence-electron chi connectivity index (χ3n) is 2.65. The number of hydrogen-bond donors (Lipinski definition) is 1. The second-order valence-corrected chi connectivity index (χ2v) is 5.93. The lowest BCUT2D eigenvalue weighted by Gasteiger charge is -2.02. The molecular formula is C13H11FO4S2. The average Bonchev–Trinajstić information content (AvgIpc) is 2.79. The molecule has 20 heavy (non-hydrogen) atoms. The van der Waals surface area contributed by atoms with E-state index in [4.69, 9.17) is 0 Å². The lowest BCUT2D eigenvalue weighted by atomic mass is 10.1. The maximum atomic E-state index is 13.9. The lowest BCUT2D eigenvalue weighted by Crippen LogP contribution is -2.04. The van der Waals surface area contributed by atoms with Crippen molar-refractivity contribution >= 4 is 45.1 Å². The fourth-order valence-corrected chi connectivity index (χ4v) is 3.82. The molecule has 1 aromatic carbocycles. The zero-order valence-corrected chi connectivity index (χ0v) is 12.1. The predicted octanol–water partition coefficient (Wildman–Crippen LogP) is 3.14. The first-order valence-corrected chi connectivity index (χ1v) is 7.59. The number of methoxy groups -OCH3 is 1. The Morgan fingerprint density at radius 1 is 1.45 bits per heavy atom. The van der Waals surface area contributed by atoms with Gasteiger partial charge in [-0.3, -0.25) is 4.79 Å². The highest BCUT2D eigenvalue weighted by Crippen LogP contribution is 2.35. The molecular weight excluding hydrogens is 303 g/mol. The van der Waals surface area contributed by atoms with Crippen molar-refractivity contribution in [3.8, 4) is 0 Å². The van der Waals surface area contributed by atoms with E-state index in [1.807, 2.05) is 0 Å². The summed E-state index contributed by atoms with van der Waals surface area (Å²) in [6.07, 6.45) is 0. The molecule has 0 aliphatic carbocycles. The minimum Gasteiger partial charge on any atom is -0.477 e. The zero-order chi connectivity index (χ0) is 14.7. The normalized spacial score (nSPS) is 10.7. The maximum Gasteiger partial charge on any atom is 0.346 e. The third kappa shape index (κ3) is 2.94. The van der Waals surface area contributed by atoms with Gasteiger partial charge in [-0.05, 0) is 17.7 Å².